The number of hydrogen-bond acceptors (Lipinski definition) is 2. The lowest BCUT2D eigenvalue weighted by atomic mass is 9.45. The van der Waals surface area contributed by atoms with Crippen molar-refractivity contribution in [2.45, 2.75) is 89.2 Å². The van der Waals surface area contributed by atoms with Crippen LogP contribution in [0.15, 0.2) is 42.6 Å². The van der Waals surface area contributed by atoms with Crippen molar-refractivity contribution in [1.29, 1.82) is 0 Å². The maximum absolute atomic E-state index is 14.8. The second kappa shape index (κ2) is 13.3. The van der Waals surface area contributed by atoms with E-state index in [-0.39, 0.29) is 10.0 Å². The fourth-order valence-corrected chi connectivity index (χ4v) is 6.32. The molecule has 1 aliphatic rings. The Morgan fingerprint density at radius 3 is 1.13 bits per heavy atom. The van der Waals surface area contributed by atoms with Gasteiger partial charge in [0.25, 0.3) is 0 Å². The number of benzene rings is 2. The van der Waals surface area contributed by atoms with Gasteiger partial charge < -0.3 is 13.8 Å². The van der Waals surface area contributed by atoms with Crippen LogP contribution in [-0.2, 0) is 52.7 Å². The second-order valence-corrected chi connectivity index (χ2v) is 13.6. The van der Waals surface area contributed by atoms with Gasteiger partial charge in [-0.2, -0.15) is 79.0 Å². The number of rotatable bonds is 5. The van der Waals surface area contributed by atoms with Crippen LogP contribution in [0.3, 0.4) is 0 Å². The molecule has 0 aliphatic carbocycles. The molecule has 3 nitrogen and oxygen atoms in total. The number of halogens is 18. The van der Waals surface area contributed by atoms with Crippen LogP contribution in [-0.4, -0.2) is 25.2 Å². The normalized spacial score (nSPS) is 17.1. The molecule has 0 spiro atoms. The Balaban J connectivity index is 2.36. The highest BCUT2D eigenvalue weighted by Crippen LogP contribution is 2.43. The van der Waals surface area contributed by atoms with Crippen LogP contribution in [0.2, 0.25) is 0 Å². The van der Waals surface area contributed by atoms with Crippen LogP contribution in [0.25, 0.3) is 0 Å². The fourth-order valence-electron chi connectivity index (χ4n) is 6.32. The first-order valence-electron chi connectivity index (χ1n) is 15.3. The molecule has 0 bridgehead atoms. The third kappa shape index (κ3) is 8.60. The lowest BCUT2D eigenvalue weighted by Gasteiger charge is -2.34. The van der Waals surface area contributed by atoms with Gasteiger partial charge in [-0.15, -0.1) is 10.9 Å². The Morgan fingerprint density at radius 2 is 0.852 bits per heavy atom. The van der Waals surface area contributed by atoms with E-state index in [9.17, 15) is 79.0 Å². The first-order chi connectivity index (χ1) is 24.0. The summed E-state index contributed by atoms with van der Waals surface area (Å²) in [4.78, 5) is 0. The molecule has 2 aromatic carbocycles. The van der Waals surface area contributed by atoms with Gasteiger partial charge in [0.15, 0.2) is 0 Å². The van der Waals surface area contributed by atoms with Crippen LogP contribution in [0.1, 0.15) is 72.3 Å². The van der Waals surface area contributed by atoms with Crippen molar-refractivity contribution >= 4 is 24.9 Å². The predicted molar refractivity (Wildman–Crippen MR) is 156 cm³/mol. The lowest BCUT2D eigenvalue weighted by Crippen LogP contribution is -2.71. The molecular weight excluding hydrogens is 782 g/mol. The van der Waals surface area contributed by atoms with E-state index in [1.807, 2.05) is 0 Å². The van der Waals surface area contributed by atoms with Crippen molar-refractivity contribution in [3.8, 4) is 0 Å². The molecule has 2 heterocycles. The van der Waals surface area contributed by atoms with E-state index in [1.165, 1.54) is 34.6 Å². The van der Waals surface area contributed by atoms with Gasteiger partial charge in [-0.3, -0.25) is 0 Å². The number of nitrogens with zero attached hydrogens (tertiary/aromatic N) is 1. The summed E-state index contributed by atoms with van der Waals surface area (Å²) < 4.78 is 272. The topological polar surface area (TPSA) is 22.3 Å². The third-order valence-corrected chi connectivity index (χ3v) is 9.34. The van der Waals surface area contributed by atoms with Crippen molar-refractivity contribution in [2.24, 2.45) is 0 Å². The molecule has 4 rings (SSSR count). The quantitative estimate of drug-likeness (QED) is 0.190. The minimum absolute atomic E-state index is 0.0648. The summed E-state index contributed by atoms with van der Waals surface area (Å²) in [5.41, 5.74) is -25.1. The number of aromatic nitrogens is 1. The molecule has 54 heavy (non-hydrogen) atoms. The summed E-state index contributed by atoms with van der Waals surface area (Å²) in [5.74, 6) is 0. The van der Waals surface area contributed by atoms with Gasteiger partial charge in [0, 0.05) is 28.3 Å². The van der Waals surface area contributed by atoms with Crippen molar-refractivity contribution in [3.63, 3.8) is 0 Å². The van der Waals surface area contributed by atoms with Crippen LogP contribution in [0.5, 0.6) is 0 Å². The molecule has 1 aliphatic heterocycles. The van der Waals surface area contributed by atoms with Crippen LogP contribution in [0, 0.1) is 6.92 Å². The Labute approximate surface area is 294 Å². The molecule has 0 N–H and O–H groups in total. The summed E-state index contributed by atoms with van der Waals surface area (Å²) in [5, 5.41) is 0. The zero-order valence-corrected chi connectivity index (χ0v) is 28.1. The van der Waals surface area contributed by atoms with E-state index >= 15 is 0 Å². The molecule has 1 aromatic heterocycles. The van der Waals surface area contributed by atoms with Gasteiger partial charge in [0.2, 0.25) is 0 Å². The minimum atomic E-state index is -6.35. The molecule has 298 valence electrons. The molecule has 1 saturated heterocycles. The summed E-state index contributed by atoms with van der Waals surface area (Å²) in [6.45, 7) is 2.07. The van der Waals surface area contributed by atoms with E-state index in [4.69, 9.17) is 9.31 Å². The highest BCUT2D eigenvalue weighted by atomic mass is 19.4. The fraction of sp³-hybridized carbons (Fsp3) is 0.452. The van der Waals surface area contributed by atoms with E-state index in [1.54, 1.807) is 0 Å². The largest absolute Gasteiger partial charge is 0.468 e. The van der Waals surface area contributed by atoms with E-state index in [0.717, 1.165) is 12.1 Å². The average Bonchev–Trinajstić information content (AvgIpc) is 3.15. The monoisotopic (exact) mass is 807 g/mol. The van der Waals surface area contributed by atoms with Gasteiger partial charge in [0.05, 0.1) is 28.6 Å². The molecule has 1 fully saturated rings. The van der Waals surface area contributed by atoms with Crippen LogP contribution >= 0.6 is 0 Å². The maximum Gasteiger partial charge on any atom is 0.468 e. The zero-order chi connectivity index (χ0) is 41.6. The Kier molecular flexibility index (Phi) is 10.6. The number of aryl methyl sites for hydroxylation is 1. The average molecular weight is 807 g/mol. The van der Waals surface area contributed by atoms with Crippen molar-refractivity contribution in [2.75, 3.05) is 0 Å². The standard InChI is InChI=1S/C31H25B2F18NO2/c1-14-6-7-52(17(8-14)13-32-53-24(2,3)25(4,5)54-32)33(22-18(28(40,41)42)9-15(26(34,35)36)10-19(22)29(43,44)45)23-20(30(46,47)48)11-16(27(37,38)39)12-21(23)31(49,50)51/h6-12,33H,13H2,1-5H3. The van der Waals surface area contributed by atoms with Crippen molar-refractivity contribution in [3.05, 3.63) is 87.2 Å². The second-order valence-electron chi connectivity index (χ2n) is 13.6. The number of alkyl halides is 18. The summed E-state index contributed by atoms with van der Waals surface area (Å²) in [6, 6.07) is -1.92. The van der Waals surface area contributed by atoms with Crippen LogP contribution < -0.4 is 15.4 Å². The molecule has 23 heteroatoms. The molecule has 3 aromatic rings. The van der Waals surface area contributed by atoms with E-state index < -0.39 is 143 Å². The van der Waals surface area contributed by atoms with Gasteiger partial charge in [-0.25, -0.2) is 0 Å². The van der Waals surface area contributed by atoms with E-state index in [2.05, 4.69) is 0 Å². The Hall–Kier alpha value is -3.62. The summed E-state index contributed by atoms with van der Waals surface area (Å²) in [7, 11) is -1.53. The summed E-state index contributed by atoms with van der Waals surface area (Å²) >= 11 is 0. The smallest absolute Gasteiger partial charge is 0.419 e. The van der Waals surface area contributed by atoms with Crippen molar-refractivity contribution in [1.82, 2.24) is 0 Å². The highest BCUT2D eigenvalue weighted by Gasteiger charge is 2.54. The Bertz CT molecular complexity index is 1730. The van der Waals surface area contributed by atoms with Crippen LogP contribution in [0.4, 0.5) is 79.0 Å². The molecule has 0 saturated carbocycles. The number of hydrogen-bond donors (Lipinski definition) is 0. The molecule has 0 unspecified atom stereocenters. The predicted octanol–water partition coefficient (Wildman–Crippen LogP) is 8.96. The molecule has 0 amide bonds. The highest BCUT2D eigenvalue weighted by molar-refractivity contribution is 6.80. The zero-order valence-electron chi connectivity index (χ0n) is 28.1. The molecule has 0 radical (unpaired) electrons. The van der Waals surface area contributed by atoms with Gasteiger partial charge in [0.1, 0.15) is 11.9 Å². The lowest BCUT2D eigenvalue weighted by molar-refractivity contribution is -0.542. The number of pyridine rings is 1. The van der Waals surface area contributed by atoms with Crippen molar-refractivity contribution < 1.29 is 92.8 Å². The SMILES string of the molecule is Cc1cc[n+]([BH-](c2c(C(F)(F)F)cc(C(F)(F)F)cc2C(F)(F)F)c2c(C(F)(F)F)cc(C(F)(F)F)cc2C(F)(F)F)c(CB2OC(C)(C)C(C)(C)O2)c1. The Morgan fingerprint density at radius 1 is 0.537 bits per heavy atom. The molecule has 0 atom stereocenters. The first-order valence-corrected chi connectivity index (χ1v) is 15.3. The van der Waals surface area contributed by atoms with E-state index in [0.29, 0.717) is 6.20 Å². The summed E-state index contributed by atoms with van der Waals surface area (Å²) in [6.07, 6.45) is -37.7. The van der Waals surface area contributed by atoms with Gasteiger partial charge in [-0.1, -0.05) is 0 Å². The minimum Gasteiger partial charge on any atom is -0.419 e. The van der Waals surface area contributed by atoms with Gasteiger partial charge >= 0.3 is 51.0 Å². The molecular formula is C31H25B2F18NO2. The third-order valence-electron chi connectivity index (χ3n) is 9.34. The maximum atomic E-state index is 14.8. The first kappa shape index (κ1) is 43.1. The van der Waals surface area contributed by atoms with Gasteiger partial charge in [-0.05, 0) is 70.5 Å².